The van der Waals surface area contributed by atoms with E-state index in [-0.39, 0.29) is 29.1 Å². The number of anilines is 1. The third kappa shape index (κ3) is 3.88. The van der Waals surface area contributed by atoms with Gasteiger partial charge >= 0.3 is 0 Å². The third-order valence-electron chi connectivity index (χ3n) is 8.40. The number of likely N-dealkylation sites (N-methyl/N-ethyl adjacent to an activating group) is 1. The standard InChI is InChI=1S/C24H36N6O2/c1-23-7-6-17(24(16-23)27-20-18(21(31)28-24)5-3-8-25-20)15-19(23)22(32)26-9-4-10-30-13-11-29(2)12-14-30/h3,5,8,17,19H,4,6-7,9-16H2,1-2H3,(H,25,27)(H,26,32)(H,28,31)/t17-,19+,23-,24-/m0/s1. The van der Waals surface area contributed by atoms with Crippen molar-refractivity contribution in [3.63, 3.8) is 0 Å². The van der Waals surface area contributed by atoms with Crippen LogP contribution in [0.3, 0.4) is 0 Å². The van der Waals surface area contributed by atoms with Crippen LogP contribution in [0.2, 0.25) is 0 Å². The van der Waals surface area contributed by atoms with Crippen LogP contribution in [0, 0.1) is 17.3 Å². The molecule has 3 heterocycles. The number of aromatic nitrogens is 1. The molecule has 2 bridgehead atoms. The Morgan fingerprint density at radius 1 is 1.28 bits per heavy atom. The molecule has 6 rings (SSSR count). The van der Waals surface area contributed by atoms with E-state index in [1.807, 2.05) is 0 Å². The molecule has 8 heteroatoms. The van der Waals surface area contributed by atoms with Gasteiger partial charge in [-0.3, -0.25) is 9.59 Å². The molecule has 1 aromatic heterocycles. The Kier molecular flexibility index (Phi) is 5.61. The number of hydrogen-bond acceptors (Lipinski definition) is 6. The van der Waals surface area contributed by atoms with E-state index in [9.17, 15) is 9.59 Å². The lowest BCUT2D eigenvalue weighted by Gasteiger charge is -2.60. The molecule has 1 aromatic rings. The number of carbonyl (C=O) groups excluding carboxylic acids is 2. The molecule has 4 atom stereocenters. The minimum atomic E-state index is -0.496. The highest BCUT2D eigenvalue weighted by molar-refractivity contribution is 6.01. The van der Waals surface area contributed by atoms with E-state index in [0.29, 0.717) is 11.4 Å². The van der Waals surface area contributed by atoms with Gasteiger partial charge in [-0.15, -0.1) is 0 Å². The van der Waals surface area contributed by atoms with E-state index in [2.05, 4.69) is 44.7 Å². The summed E-state index contributed by atoms with van der Waals surface area (Å²) in [5, 5.41) is 10.1. The van der Waals surface area contributed by atoms with Crippen molar-refractivity contribution >= 4 is 17.6 Å². The third-order valence-corrected chi connectivity index (χ3v) is 8.40. The van der Waals surface area contributed by atoms with Crippen molar-refractivity contribution < 1.29 is 9.59 Å². The average molecular weight is 441 g/mol. The molecule has 0 aromatic carbocycles. The fourth-order valence-corrected chi connectivity index (χ4v) is 6.43. The Labute approximate surface area is 190 Å². The Morgan fingerprint density at radius 2 is 2.09 bits per heavy atom. The molecule has 32 heavy (non-hydrogen) atoms. The lowest BCUT2D eigenvalue weighted by atomic mass is 9.51. The van der Waals surface area contributed by atoms with Crippen LogP contribution in [0.1, 0.15) is 49.4 Å². The van der Waals surface area contributed by atoms with Crippen LogP contribution in [0.15, 0.2) is 18.3 Å². The summed E-state index contributed by atoms with van der Waals surface area (Å²) in [6.07, 6.45) is 6.30. The van der Waals surface area contributed by atoms with Crippen molar-refractivity contribution in [2.45, 2.75) is 44.7 Å². The maximum Gasteiger partial charge on any atom is 0.256 e. The minimum Gasteiger partial charge on any atom is -0.356 e. The number of carbonyl (C=O) groups is 2. The van der Waals surface area contributed by atoms with Crippen molar-refractivity contribution in [3.05, 3.63) is 23.9 Å². The summed E-state index contributed by atoms with van der Waals surface area (Å²) in [5.74, 6) is 1.01. The SMILES string of the molecule is CN1CCN(CCCNC(=O)[C@H]2C[C@@H]3CC[C@@]2(C)C[C@]32NC(=O)c3cccnc3N2)CC1. The van der Waals surface area contributed by atoms with Crippen molar-refractivity contribution in [3.8, 4) is 0 Å². The monoisotopic (exact) mass is 440 g/mol. The lowest BCUT2D eigenvalue weighted by Crippen LogP contribution is -2.70. The van der Waals surface area contributed by atoms with E-state index in [4.69, 9.17) is 0 Å². The maximum atomic E-state index is 13.2. The maximum absolute atomic E-state index is 13.2. The molecule has 2 amide bonds. The molecule has 4 fully saturated rings. The number of rotatable bonds is 5. The second-order valence-corrected chi connectivity index (χ2v) is 10.6. The Morgan fingerprint density at radius 3 is 2.88 bits per heavy atom. The lowest BCUT2D eigenvalue weighted by molar-refractivity contribution is -0.139. The molecule has 174 valence electrons. The van der Waals surface area contributed by atoms with Gasteiger partial charge in [-0.1, -0.05) is 6.92 Å². The van der Waals surface area contributed by atoms with E-state index in [1.165, 1.54) is 0 Å². The van der Waals surface area contributed by atoms with Crippen molar-refractivity contribution in [1.29, 1.82) is 0 Å². The van der Waals surface area contributed by atoms with Crippen LogP contribution in [0.5, 0.6) is 0 Å². The summed E-state index contributed by atoms with van der Waals surface area (Å²) in [4.78, 5) is 35.2. The van der Waals surface area contributed by atoms with E-state index in [1.54, 1.807) is 18.3 Å². The number of nitrogens with zero attached hydrogens (tertiary/aromatic N) is 3. The first-order valence-corrected chi connectivity index (χ1v) is 12.1. The van der Waals surface area contributed by atoms with Crippen LogP contribution in [-0.2, 0) is 4.79 Å². The number of hydrogen-bond donors (Lipinski definition) is 3. The first-order valence-electron chi connectivity index (χ1n) is 12.1. The zero-order valence-electron chi connectivity index (χ0n) is 19.3. The molecular weight excluding hydrogens is 404 g/mol. The molecular formula is C24H36N6O2. The first-order chi connectivity index (χ1) is 15.4. The summed E-state index contributed by atoms with van der Waals surface area (Å²) < 4.78 is 0. The van der Waals surface area contributed by atoms with Crippen molar-refractivity contribution in [2.75, 3.05) is 51.6 Å². The van der Waals surface area contributed by atoms with Gasteiger partial charge in [-0.25, -0.2) is 4.98 Å². The molecule has 3 saturated carbocycles. The summed E-state index contributed by atoms with van der Waals surface area (Å²) in [7, 11) is 2.17. The largest absolute Gasteiger partial charge is 0.356 e. The highest BCUT2D eigenvalue weighted by Crippen LogP contribution is 2.58. The van der Waals surface area contributed by atoms with E-state index in [0.717, 1.165) is 71.4 Å². The molecule has 2 aliphatic heterocycles. The topological polar surface area (TPSA) is 89.6 Å². The normalized spacial score (nSPS) is 34.6. The number of piperazine rings is 1. The highest BCUT2D eigenvalue weighted by Gasteiger charge is 2.60. The van der Waals surface area contributed by atoms with E-state index >= 15 is 0 Å². The summed E-state index contributed by atoms with van der Waals surface area (Å²) in [6.45, 7) is 8.49. The van der Waals surface area contributed by atoms with Gasteiger partial charge in [0, 0.05) is 50.8 Å². The summed E-state index contributed by atoms with van der Waals surface area (Å²) in [6, 6.07) is 3.59. The number of nitrogens with one attached hydrogen (secondary N) is 3. The van der Waals surface area contributed by atoms with Crippen molar-refractivity contribution in [1.82, 2.24) is 25.4 Å². The van der Waals surface area contributed by atoms with Gasteiger partial charge < -0.3 is 25.8 Å². The number of fused-ring (bicyclic) bond motifs is 3. The first kappa shape index (κ1) is 21.6. The van der Waals surface area contributed by atoms with Crippen molar-refractivity contribution in [2.24, 2.45) is 17.3 Å². The summed E-state index contributed by atoms with van der Waals surface area (Å²) in [5.41, 5.74) is -0.0358. The van der Waals surface area contributed by atoms with Crippen LogP contribution >= 0.6 is 0 Å². The minimum absolute atomic E-state index is 0.000609. The predicted octanol–water partition coefficient (Wildman–Crippen LogP) is 1.51. The second kappa shape index (κ2) is 8.30. The molecule has 3 aliphatic carbocycles. The molecule has 1 saturated heterocycles. The molecule has 0 radical (unpaired) electrons. The van der Waals surface area contributed by atoms with Gasteiger partial charge in [0.05, 0.1) is 5.56 Å². The average Bonchev–Trinajstić information content (AvgIpc) is 2.77. The van der Waals surface area contributed by atoms with Crippen LogP contribution in [-0.4, -0.2) is 78.6 Å². The van der Waals surface area contributed by atoms with Gasteiger partial charge in [0.2, 0.25) is 5.91 Å². The quantitative estimate of drug-likeness (QED) is 0.602. The fraction of sp³-hybridized carbons (Fsp3) is 0.708. The van der Waals surface area contributed by atoms with Crippen LogP contribution in [0.25, 0.3) is 0 Å². The second-order valence-electron chi connectivity index (χ2n) is 10.6. The number of pyridine rings is 1. The molecule has 5 aliphatic rings. The molecule has 1 spiro atoms. The van der Waals surface area contributed by atoms with Gasteiger partial charge in [0.25, 0.3) is 5.91 Å². The molecule has 8 nitrogen and oxygen atoms in total. The Hall–Kier alpha value is -2.19. The smallest absolute Gasteiger partial charge is 0.256 e. The van der Waals surface area contributed by atoms with Crippen LogP contribution < -0.4 is 16.0 Å². The Balaban J connectivity index is 1.19. The number of amides is 2. The van der Waals surface area contributed by atoms with Crippen LogP contribution in [0.4, 0.5) is 5.82 Å². The molecule has 0 unspecified atom stereocenters. The predicted molar refractivity (Wildman–Crippen MR) is 123 cm³/mol. The summed E-state index contributed by atoms with van der Waals surface area (Å²) >= 11 is 0. The van der Waals surface area contributed by atoms with Gasteiger partial charge in [0.1, 0.15) is 11.5 Å². The zero-order chi connectivity index (χ0) is 22.3. The van der Waals surface area contributed by atoms with Gasteiger partial charge in [0.15, 0.2) is 0 Å². The van der Waals surface area contributed by atoms with E-state index < -0.39 is 5.66 Å². The highest BCUT2D eigenvalue weighted by atomic mass is 16.2. The fourth-order valence-electron chi connectivity index (χ4n) is 6.43. The molecule has 3 N–H and O–H groups in total. The van der Waals surface area contributed by atoms with Gasteiger partial charge in [-0.2, -0.15) is 0 Å². The Bertz CT molecular complexity index is 885. The van der Waals surface area contributed by atoms with Gasteiger partial charge in [-0.05, 0) is 63.2 Å². The zero-order valence-corrected chi connectivity index (χ0v) is 19.3.